The van der Waals surface area contributed by atoms with Crippen molar-refractivity contribution in [3.8, 4) is 0 Å². The highest BCUT2D eigenvalue weighted by molar-refractivity contribution is 6.32. The van der Waals surface area contributed by atoms with E-state index in [1.54, 1.807) is 0 Å². The molecule has 0 saturated carbocycles. The maximum Gasteiger partial charge on any atom is 0.245 e. The fourth-order valence-corrected chi connectivity index (χ4v) is 2.75. The van der Waals surface area contributed by atoms with Crippen LogP contribution in [0.1, 0.15) is 12.5 Å². The molecule has 0 fully saturated rings. The minimum atomic E-state index is 0.107. The first kappa shape index (κ1) is 12.6. The van der Waals surface area contributed by atoms with Crippen LogP contribution in [0.3, 0.4) is 0 Å². The molecule has 0 N–H and O–H groups in total. The van der Waals surface area contributed by atoms with Crippen molar-refractivity contribution in [3.63, 3.8) is 0 Å². The van der Waals surface area contributed by atoms with Crippen molar-refractivity contribution in [2.75, 3.05) is 11.4 Å². The number of hydrogen-bond acceptors (Lipinski definition) is 4. The number of aromatic nitrogens is 3. The third-order valence-electron chi connectivity index (χ3n) is 3.20. The molecule has 2 aromatic rings. The molecule has 0 amide bonds. The largest absolute Gasteiger partial charge is 0.323 e. The number of halogens is 2. The van der Waals surface area contributed by atoms with Gasteiger partial charge in [0.15, 0.2) is 11.0 Å². The van der Waals surface area contributed by atoms with Gasteiger partial charge < -0.3 is 4.90 Å². The van der Waals surface area contributed by atoms with Gasteiger partial charge in [0, 0.05) is 12.2 Å². The number of rotatable bonds is 1. The van der Waals surface area contributed by atoms with Crippen molar-refractivity contribution in [1.29, 1.82) is 0 Å². The van der Waals surface area contributed by atoms with Gasteiger partial charge in [-0.3, -0.25) is 0 Å². The molecule has 0 bridgehead atoms. The maximum atomic E-state index is 6.11. The Labute approximate surface area is 121 Å². The van der Waals surface area contributed by atoms with Gasteiger partial charge in [-0.1, -0.05) is 36.7 Å². The van der Waals surface area contributed by atoms with Gasteiger partial charge in [0.2, 0.25) is 5.28 Å². The van der Waals surface area contributed by atoms with Crippen LogP contribution in [0.5, 0.6) is 0 Å². The highest BCUT2D eigenvalue weighted by Gasteiger charge is 2.25. The first-order valence-electron chi connectivity index (χ1n) is 6.06. The van der Waals surface area contributed by atoms with Crippen LogP contribution in [0, 0.1) is 5.92 Å². The van der Waals surface area contributed by atoms with Crippen LogP contribution in [0.4, 0.5) is 11.5 Å². The molecule has 2 heterocycles. The Morgan fingerprint density at radius 3 is 2.84 bits per heavy atom. The quantitative estimate of drug-likeness (QED) is 0.807. The van der Waals surface area contributed by atoms with Gasteiger partial charge in [0.05, 0.1) is 0 Å². The fraction of sp³-hybridized carbons (Fsp3) is 0.308. The standard InChI is InChI=1S/C13H12Cl2N4/c1-8-6-9-4-2-3-5-10(9)19(7-8)12-11(14)17-18-13(15)16-12/h2-5,8H,6-7H2,1H3. The third-order valence-corrected chi connectivity index (χ3v) is 3.61. The van der Waals surface area contributed by atoms with Gasteiger partial charge in [-0.05, 0) is 35.6 Å². The molecule has 1 aromatic carbocycles. The molecule has 1 aliphatic heterocycles. The molecule has 4 nitrogen and oxygen atoms in total. The zero-order chi connectivity index (χ0) is 13.4. The van der Waals surface area contributed by atoms with Gasteiger partial charge in [-0.25, -0.2) is 0 Å². The Bertz CT molecular complexity index is 617. The van der Waals surface area contributed by atoms with Crippen molar-refractivity contribution in [2.24, 2.45) is 5.92 Å². The summed E-state index contributed by atoms with van der Waals surface area (Å²) in [5, 5.41) is 7.86. The Balaban J connectivity index is 2.12. The molecular formula is C13H12Cl2N4. The average Bonchev–Trinajstić information content (AvgIpc) is 2.40. The monoisotopic (exact) mass is 294 g/mol. The summed E-state index contributed by atoms with van der Waals surface area (Å²) in [7, 11) is 0. The average molecular weight is 295 g/mol. The zero-order valence-corrected chi connectivity index (χ0v) is 11.9. The van der Waals surface area contributed by atoms with Gasteiger partial charge in [0.1, 0.15) is 0 Å². The Morgan fingerprint density at radius 1 is 1.21 bits per heavy atom. The third kappa shape index (κ3) is 2.38. The van der Waals surface area contributed by atoms with Crippen LogP contribution in [0.2, 0.25) is 10.4 Å². The second-order valence-electron chi connectivity index (χ2n) is 4.74. The highest BCUT2D eigenvalue weighted by atomic mass is 35.5. The van der Waals surface area contributed by atoms with Crippen molar-refractivity contribution in [2.45, 2.75) is 13.3 Å². The van der Waals surface area contributed by atoms with Crippen molar-refractivity contribution in [1.82, 2.24) is 15.2 Å². The molecule has 19 heavy (non-hydrogen) atoms. The Hall–Kier alpha value is -1.39. The predicted molar refractivity (Wildman–Crippen MR) is 76.2 cm³/mol. The van der Waals surface area contributed by atoms with Crippen LogP contribution >= 0.6 is 23.2 Å². The topological polar surface area (TPSA) is 41.9 Å². The zero-order valence-electron chi connectivity index (χ0n) is 10.3. The minimum Gasteiger partial charge on any atom is -0.323 e. The summed E-state index contributed by atoms with van der Waals surface area (Å²) in [6, 6.07) is 8.24. The molecule has 1 atom stereocenters. The van der Waals surface area contributed by atoms with E-state index in [-0.39, 0.29) is 10.4 Å². The van der Waals surface area contributed by atoms with Crippen LogP contribution < -0.4 is 4.90 Å². The molecule has 0 spiro atoms. The molecule has 1 aliphatic rings. The van der Waals surface area contributed by atoms with E-state index in [9.17, 15) is 0 Å². The van der Waals surface area contributed by atoms with Crippen molar-refractivity contribution >= 4 is 34.7 Å². The van der Waals surface area contributed by atoms with Gasteiger partial charge in [-0.15, -0.1) is 10.2 Å². The van der Waals surface area contributed by atoms with Crippen LogP contribution in [-0.2, 0) is 6.42 Å². The smallest absolute Gasteiger partial charge is 0.245 e. The van der Waals surface area contributed by atoms with E-state index in [1.807, 2.05) is 12.1 Å². The maximum absolute atomic E-state index is 6.11. The molecule has 1 unspecified atom stereocenters. The summed E-state index contributed by atoms with van der Waals surface area (Å²) < 4.78 is 0. The molecule has 3 rings (SSSR count). The van der Waals surface area contributed by atoms with Gasteiger partial charge in [-0.2, -0.15) is 4.98 Å². The summed E-state index contributed by atoms with van der Waals surface area (Å²) in [6.07, 6.45) is 1.05. The highest BCUT2D eigenvalue weighted by Crippen LogP contribution is 2.36. The summed E-state index contributed by atoms with van der Waals surface area (Å²) in [5.41, 5.74) is 2.39. The van der Waals surface area contributed by atoms with Gasteiger partial charge in [0.25, 0.3) is 0 Å². The number of fused-ring (bicyclic) bond motifs is 1. The minimum absolute atomic E-state index is 0.107. The van der Waals surface area contributed by atoms with E-state index in [0.717, 1.165) is 18.7 Å². The summed E-state index contributed by atoms with van der Waals surface area (Å²) in [5.74, 6) is 1.08. The van der Waals surface area contributed by atoms with Crippen molar-refractivity contribution in [3.05, 3.63) is 40.3 Å². The van der Waals surface area contributed by atoms with Gasteiger partial charge >= 0.3 is 0 Å². The molecule has 98 valence electrons. The van der Waals surface area contributed by atoms with E-state index >= 15 is 0 Å². The van der Waals surface area contributed by atoms with Crippen LogP contribution in [-0.4, -0.2) is 21.7 Å². The number of para-hydroxylation sites is 1. The van der Waals surface area contributed by atoms with Crippen molar-refractivity contribution < 1.29 is 0 Å². The summed E-state index contributed by atoms with van der Waals surface area (Å²) >= 11 is 11.9. The Morgan fingerprint density at radius 2 is 2.00 bits per heavy atom. The lowest BCUT2D eigenvalue weighted by Gasteiger charge is -2.33. The number of benzene rings is 1. The summed E-state index contributed by atoms with van der Waals surface area (Å²) in [4.78, 5) is 6.28. The van der Waals surface area contributed by atoms with Crippen LogP contribution in [0.15, 0.2) is 24.3 Å². The number of anilines is 2. The lowest BCUT2D eigenvalue weighted by Crippen LogP contribution is -2.31. The normalized spacial score (nSPS) is 18.3. The molecule has 6 heteroatoms. The summed E-state index contributed by atoms with van der Waals surface area (Å²) in [6.45, 7) is 3.04. The van der Waals surface area contributed by atoms with E-state index in [0.29, 0.717) is 11.7 Å². The lowest BCUT2D eigenvalue weighted by molar-refractivity contribution is 0.559. The molecule has 1 aromatic heterocycles. The number of nitrogens with zero attached hydrogens (tertiary/aromatic N) is 4. The molecular weight excluding hydrogens is 283 g/mol. The first-order valence-corrected chi connectivity index (χ1v) is 6.82. The SMILES string of the molecule is CC1Cc2ccccc2N(c2nc(Cl)nnc2Cl)C1. The van der Waals surface area contributed by atoms with E-state index < -0.39 is 0 Å². The number of hydrogen-bond donors (Lipinski definition) is 0. The van der Waals surface area contributed by atoms with E-state index in [1.165, 1.54) is 5.56 Å². The lowest BCUT2D eigenvalue weighted by atomic mass is 9.94. The molecule has 0 aliphatic carbocycles. The Kier molecular flexibility index (Phi) is 3.29. The second-order valence-corrected chi connectivity index (χ2v) is 5.44. The predicted octanol–water partition coefficient (Wildman–Crippen LogP) is 3.51. The fourth-order valence-electron chi connectivity index (χ4n) is 2.45. The molecule has 0 radical (unpaired) electrons. The van der Waals surface area contributed by atoms with E-state index in [2.05, 4.69) is 39.1 Å². The van der Waals surface area contributed by atoms with Crippen LogP contribution in [0.25, 0.3) is 0 Å². The molecule has 0 saturated heterocycles. The second kappa shape index (κ2) is 4.94. The first-order chi connectivity index (χ1) is 9.15. The van der Waals surface area contributed by atoms with E-state index in [4.69, 9.17) is 23.2 Å².